The van der Waals surface area contributed by atoms with Crippen LogP contribution >= 0.6 is 0 Å². The number of aromatic nitrogens is 1. The third-order valence-corrected chi connectivity index (χ3v) is 3.29. The highest BCUT2D eigenvalue weighted by Crippen LogP contribution is 2.16. The molecule has 4 nitrogen and oxygen atoms in total. The molecule has 0 fully saturated rings. The summed E-state index contributed by atoms with van der Waals surface area (Å²) < 4.78 is 1.91. The topological polar surface area (TPSA) is 51.3 Å². The van der Waals surface area contributed by atoms with E-state index in [1.165, 1.54) is 0 Å². The van der Waals surface area contributed by atoms with E-state index in [2.05, 4.69) is 6.92 Å². The minimum atomic E-state index is 0.0779. The number of nitrogens with zero attached hydrogens (tertiary/aromatic N) is 2. The predicted octanol–water partition coefficient (Wildman–Crippen LogP) is 2.15. The predicted molar refractivity (Wildman–Crippen MR) is 74.2 cm³/mol. The zero-order chi connectivity index (χ0) is 13.7. The molecule has 0 aromatic carbocycles. The first-order chi connectivity index (χ1) is 8.45. The number of amides is 1. The van der Waals surface area contributed by atoms with Crippen molar-refractivity contribution in [3.8, 4) is 0 Å². The highest BCUT2D eigenvalue weighted by molar-refractivity contribution is 5.76. The lowest BCUT2D eigenvalue weighted by Gasteiger charge is -2.21. The second-order valence-electron chi connectivity index (χ2n) is 5.11. The molecule has 0 saturated carbocycles. The van der Waals surface area contributed by atoms with Gasteiger partial charge in [0.1, 0.15) is 6.54 Å². The Morgan fingerprint density at radius 2 is 2.17 bits per heavy atom. The van der Waals surface area contributed by atoms with E-state index < -0.39 is 0 Å². The normalized spacial score (nSPS) is 12.8. The van der Waals surface area contributed by atoms with Crippen molar-refractivity contribution in [2.75, 3.05) is 7.05 Å². The molecule has 102 valence electrons. The first-order valence-corrected chi connectivity index (χ1v) is 6.62. The number of nitrogens with two attached hydrogens (primary N) is 1. The maximum atomic E-state index is 11.9. The molecule has 0 aliphatic carbocycles. The van der Waals surface area contributed by atoms with E-state index in [-0.39, 0.29) is 18.0 Å². The third-order valence-electron chi connectivity index (χ3n) is 3.29. The Morgan fingerprint density at radius 1 is 1.50 bits per heavy atom. The minimum absolute atomic E-state index is 0.0779. The van der Waals surface area contributed by atoms with Crippen molar-refractivity contribution in [3.63, 3.8) is 0 Å². The third kappa shape index (κ3) is 3.88. The standard InChI is InChI=1S/C14H25N3O/c1-5-6-13(15)12-7-8-17(9-12)10-14(18)16(4)11(2)3/h7-9,11,13H,5-6,10,15H2,1-4H3. The summed E-state index contributed by atoms with van der Waals surface area (Å²) in [6, 6.07) is 2.31. The quantitative estimate of drug-likeness (QED) is 0.842. The molecule has 4 heteroatoms. The van der Waals surface area contributed by atoms with Crippen molar-refractivity contribution in [1.82, 2.24) is 9.47 Å². The Kier molecular flexibility index (Phi) is 5.41. The summed E-state index contributed by atoms with van der Waals surface area (Å²) in [5.41, 5.74) is 7.16. The summed E-state index contributed by atoms with van der Waals surface area (Å²) in [6.45, 7) is 6.53. The summed E-state index contributed by atoms with van der Waals surface area (Å²) >= 11 is 0. The molecule has 0 aliphatic heterocycles. The Morgan fingerprint density at radius 3 is 2.72 bits per heavy atom. The number of carbonyl (C=O) groups is 1. The van der Waals surface area contributed by atoms with Gasteiger partial charge in [0.15, 0.2) is 0 Å². The molecule has 1 heterocycles. The Bertz CT molecular complexity index is 384. The average molecular weight is 251 g/mol. The van der Waals surface area contributed by atoms with Gasteiger partial charge < -0.3 is 15.2 Å². The zero-order valence-corrected chi connectivity index (χ0v) is 11.9. The van der Waals surface area contributed by atoms with Crippen molar-refractivity contribution < 1.29 is 4.79 Å². The molecule has 0 radical (unpaired) electrons. The molecule has 1 aromatic rings. The lowest BCUT2D eigenvalue weighted by atomic mass is 10.1. The van der Waals surface area contributed by atoms with Crippen molar-refractivity contribution in [1.29, 1.82) is 0 Å². The summed E-state index contributed by atoms with van der Waals surface area (Å²) in [6.07, 6.45) is 5.95. The van der Waals surface area contributed by atoms with Gasteiger partial charge >= 0.3 is 0 Å². The van der Waals surface area contributed by atoms with E-state index in [0.29, 0.717) is 6.54 Å². The van der Waals surface area contributed by atoms with Crippen LogP contribution in [0, 0.1) is 0 Å². The van der Waals surface area contributed by atoms with Crippen LogP contribution in [0.1, 0.15) is 45.2 Å². The first-order valence-electron chi connectivity index (χ1n) is 6.62. The summed E-state index contributed by atoms with van der Waals surface area (Å²) in [5, 5.41) is 0. The zero-order valence-electron chi connectivity index (χ0n) is 11.9. The molecule has 0 saturated heterocycles. The van der Waals surface area contributed by atoms with Crippen LogP contribution in [0.25, 0.3) is 0 Å². The van der Waals surface area contributed by atoms with Gasteiger partial charge in [-0.05, 0) is 31.9 Å². The van der Waals surface area contributed by atoms with Crippen LogP contribution in [0.2, 0.25) is 0 Å². The number of likely N-dealkylation sites (N-methyl/N-ethyl adjacent to an activating group) is 1. The van der Waals surface area contributed by atoms with Crippen LogP contribution < -0.4 is 5.73 Å². The largest absolute Gasteiger partial charge is 0.345 e. The maximum Gasteiger partial charge on any atom is 0.242 e. The molecule has 1 rings (SSSR count). The van der Waals surface area contributed by atoms with E-state index in [4.69, 9.17) is 5.73 Å². The van der Waals surface area contributed by atoms with Crippen molar-refractivity contribution in [2.24, 2.45) is 5.73 Å². The van der Waals surface area contributed by atoms with Crippen LogP contribution in [-0.4, -0.2) is 28.5 Å². The number of carbonyl (C=O) groups excluding carboxylic acids is 1. The Hall–Kier alpha value is -1.29. The Labute approximate surface area is 110 Å². The maximum absolute atomic E-state index is 11.9. The van der Waals surface area contributed by atoms with Crippen molar-refractivity contribution in [2.45, 2.75) is 52.2 Å². The lowest BCUT2D eigenvalue weighted by Crippen LogP contribution is -2.35. The van der Waals surface area contributed by atoms with Gasteiger partial charge in [0.2, 0.25) is 5.91 Å². The molecule has 0 bridgehead atoms. The van der Waals surface area contributed by atoms with Crippen LogP contribution in [0.5, 0.6) is 0 Å². The number of rotatable bonds is 6. The second kappa shape index (κ2) is 6.59. The fraction of sp³-hybridized carbons (Fsp3) is 0.643. The smallest absolute Gasteiger partial charge is 0.242 e. The molecule has 18 heavy (non-hydrogen) atoms. The van der Waals surface area contributed by atoms with Gasteiger partial charge in [-0.15, -0.1) is 0 Å². The monoisotopic (exact) mass is 251 g/mol. The molecule has 1 aromatic heterocycles. The van der Waals surface area contributed by atoms with Gasteiger partial charge in [-0.2, -0.15) is 0 Å². The second-order valence-corrected chi connectivity index (χ2v) is 5.11. The lowest BCUT2D eigenvalue weighted by molar-refractivity contribution is -0.131. The molecule has 0 spiro atoms. The van der Waals surface area contributed by atoms with E-state index >= 15 is 0 Å². The molecule has 1 atom stereocenters. The van der Waals surface area contributed by atoms with E-state index in [1.807, 2.05) is 43.9 Å². The van der Waals surface area contributed by atoms with Gasteiger partial charge in [0.05, 0.1) is 0 Å². The number of hydrogen-bond acceptors (Lipinski definition) is 2. The van der Waals surface area contributed by atoms with Crippen LogP contribution in [0.3, 0.4) is 0 Å². The van der Waals surface area contributed by atoms with E-state index in [0.717, 1.165) is 18.4 Å². The average Bonchev–Trinajstić information content (AvgIpc) is 2.76. The number of hydrogen-bond donors (Lipinski definition) is 1. The highest BCUT2D eigenvalue weighted by atomic mass is 16.2. The summed E-state index contributed by atoms with van der Waals surface area (Å²) in [4.78, 5) is 13.7. The highest BCUT2D eigenvalue weighted by Gasteiger charge is 2.13. The van der Waals surface area contributed by atoms with Crippen molar-refractivity contribution in [3.05, 3.63) is 24.0 Å². The summed E-state index contributed by atoms with van der Waals surface area (Å²) in [7, 11) is 1.83. The summed E-state index contributed by atoms with van der Waals surface area (Å²) in [5.74, 6) is 0.121. The van der Waals surface area contributed by atoms with Crippen molar-refractivity contribution >= 4 is 5.91 Å². The molecule has 1 amide bonds. The van der Waals surface area contributed by atoms with Gasteiger partial charge in [-0.3, -0.25) is 4.79 Å². The molecule has 1 unspecified atom stereocenters. The van der Waals surface area contributed by atoms with Gasteiger partial charge in [0, 0.05) is 31.5 Å². The van der Waals surface area contributed by atoms with Gasteiger partial charge in [0.25, 0.3) is 0 Å². The molecular formula is C14H25N3O. The van der Waals surface area contributed by atoms with Crippen LogP contribution in [0.4, 0.5) is 0 Å². The molecule has 2 N–H and O–H groups in total. The fourth-order valence-corrected chi connectivity index (χ4v) is 1.81. The Balaban J connectivity index is 2.61. The van der Waals surface area contributed by atoms with Gasteiger partial charge in [-0.1, -0.05) is 13.3 Å². The fourth-order valence-electron chi connectivity index (χ4n) is 1.81. The van der Waals surface area contributed by atoms with Gasteiger partial charge in [-0.25, -0.2) is 0 Å². The SMILES string of the molecule is CCCC(N)c1ccn(CC(=O)N(C)C(C)C)c1. The van der Waals surface area contributed by atoms with E-state index in [1.54, 1.807) is 4.90 Å². The first kappa shape index (κ1) is 14.8. The molecular weight excluding hydrogens is 226 g/mol. The van der Waals surface area contributed by atoms with E-state index in [9.17, 15) is 4.79 Å². The minimum Gasteiger partial charge on any atom is -0.345 e. The molecule has 0 aliphatic rings. The van der Waals surface area contributed by atoms with Crippen LogP contribution in [0.15, 0.2) is 18.5 Å². The van der Waals surface area contributed by atoms with Crippen LogP contribution in [-0.2, 0) is 11.3 Å².